The number of aromatic amines is 1. The molecule has 1 unspecified atom stereocenters. The summed E-state index contributed by atoms with van der Waals surface area (Å²) in [6.45, 7) is 6.55. The van der Waals surface area contributed by atoms with Crippen molar-refractivity contribution in [2.45, 2.75) is 58.9 Å². The second-order valence-corrected chi connectivity index (χ2v) is 11.0. The molecule has 1 aliphatic rings. The molecule has 0 radical (unpaired) electrons. The molecule has 8 heteroatoms. The van der Waals surface area contributed by atoms with Crippen molar-refractivity contribution in [1.82, 2.24) is 15.0 Å². The van der Waals surface area contributed by atoms with Crippen LogP contribution in [0, 0.1) is 5.92 Å². The number of hydrogen-bond acceptors (Lipinski definition) is 6. The molecule has 3 rings (SSSR count). The number of H-pyrrole nitrogens is 1. The van der Waals surface area contributed by atoms with Gasteiger partial charge < -0.3 is 9.88 Å². The Kier molecular flexibility index (Phi) is 8.23. The Balaban J connectivity index is 1.59. The number of anilines is 1. The lowest BCUT2D eigenvalue weighted by Gasteiger charge is -2.35. The molecule has 1 fully saturated rings. The quantitative estimate of drug-likeness (QED) is 0.562. The van der Waals surface area contributed by atoms with Gasteiger partial charge in [0, 0.05) is 59.5 Å². The Labute approximate surface area is 186 Å². The van der Waals surface area contributed by atoms with Gasteiger partial charge in [-0.25, -0.2) is 18.5 Å². The van der Waals surface area contributed by atoms with Crippen molar-refractivity contribution in [3.05, 3.63) is 30.4 Å². The lowest BCUT2D eigenvalue weighted by Crippen LogP contribution is -2.37. The summed E-state index contributed by atoms with van der Waals surface area (Å²) in [7, 11) is -0.0479. The smallest absolute Gasteiger partial charge is 0.142 e. The first-order valence-corrected chi connectivity index (χ1v) is 13.1. The summed E-state index contributed by atoms with van der Waals surface area (Å²) in [5.41, 5.74) is 2.03. The number of hydrogen-bond donors (Lipinski definition) is 1. The number of nitrogens with zero attached hydrogens (tertiary/aromatic N) is 5. The van der Waals surface area contributed by atoms with Crippen LogP contribution in [0.1, 0.15) is 52.9 Å². The van der Waals surface area contributed by atoms with E-state index in [0.29, 0.717) is 24.3 Å². The van der Waals surface area contributed by atoms with E-state index in [2.05, 4.69) is 43.2 Å². The topological polar surface area (TPSA) is 86.6 Å². The Morgan fingerprint density at radius 2 is 2.10 bits per heavy atom. The van der Waals surface area contributed by atoms with Gasteiger partial charge in [-0.15, -0.1) is 0 Å². The molecule has 2 heterocycles. The number of rotatable bonds is 9. The molecule has 1 saturated carbocycles. The molecule has 0 amide bonds. The lowest BCUT2D eigenvalue weighted by molar-refractivity contribution is 0.342. The second kappa shape index (κ2) is 10.9. The largest absolute Gasteiger partial charge is 0.356 e. The van der Waals surface area contributed by atoms with E-state index >= 15 is 0 Å². The van der Waals surface area contributed by atoms with Crippen LogP contribution in [-0.2, 0) is 9.73 Å². The fraction of sp³-hybridized carbons (Fsp3) is 0.609. The van der Waals surface area contributed by atoms with E-state index in [1.807, 2.05) is 32.3 Å². The third kappa shape index (κ3) is 6.15. The highest BCUT2D eigenvalue weighted by atomic mass is 32.2. The van der Waals surface area contributed by atoms with Gasteiger partial charge in [0.15, 0.2) is 0 Å². The van der Waals surface area contributed by atoms with Crippen LogP contribution in [0.3, 0.4) is 0 Å². The maximum Gasteiger partial charge on any atom is 0.142 e. The molecular formula is C23H36N6OS. The minimum atomic E-state index is -2.18. The molecular weight excluding hydrogens is 408 g/mol. The average Bonchev–Trinajstić information content (AvgIpc) is 3.25. The van der Waals surface area contributed by atoms with Gasteiger partial charge in [0.05, 0.1) is 5.39 Å². The molecule has 0 aliphatic heterocycles. The van der Waals surface area contributed by atoms with Crippen molar-refractivity contribution < 1.29 is 4.21 Å². The first-order chi connectivity index (χ1) is 15.0. The normalized spacial score (nSPS) is 22.0. The van der Waals surface area contributed by atoms with E-state index in [1.165, 1.54) is 0 Å². The zero-order valence-corrected chi connectivity index (χ0v) is 20.1. The van der Waals surface area contributed by atoms with Crippen LogP contribution in [-0.4, -0.2) is 56.5 Å². The SMILES string of the molecule is CC=N/C=C(\C)CCS(=O)(CC1CCC(N(C)c2ncnc3[nH]ccc23)CC1)=NCC. The van der Waals surface area contributed by atoms with E-state index in [9.17, 15) is 4.21 Å². The highest BCUT2D eigenvalue weighted by Crippen LogP contribution is 2.32. The molecule has 1 atom stereocenters. The summed E-state index contributed by atoms with van der Waals surface area (Å²) in [5.74, 6) is 2.81. The van der Waals surface area contributed by atoms with E-state index in [1.54, 1.807) is 12.5 Å². The summed E-state index contributed by atoms with van der Waals surface area (Å²) >= 11 is 0. The molecule has 1 N–H and O–H groups in total. The average molecular weight is 445 g/mol. The highest BCUT2D eigenvalue weighted by molar-refractivity contribution is 7.93. The van der Waals surface area contributed by atoms with Gasteiger partial charge in [-0.1, -0.05) is 5.57 Å². The van der Waals surface area contributed by atoms with E-state index in [-0.39, 0.29) is 0 Å². The maximum atomic E-state index is 13.5. The van der Waals surface area contributed by atoms with Gasteiger partial charge in [-0.3, -0.25) is 4.99 Å². The number of fused-ring (bicyclic) bond motifs is 1. The number of nitrogens with one attached hydrogen (secondary N) is 1. The summed E-state index contributed by atoms with van der Waals surface area (Å²) in [6.07, 6.45) is 12.3. The summed E-state index contributed by atoms with van der Waals surface area (Å²) < 4.78 is 18.1. The van der Waals surface area contributed by atoms with Crippen molar-refractivity contribution in [2.24, 2.45) is 15.3 Å². The van der Waals surface area contributed by atoms with Crippen molar-refractivity contribution in [1.29, 1.82) is 0 Å². The molecule has 7 nitrogen and oxygen atoms in total. The lowest BCUT2D eigenvalue weighted by atomic mass is 9.86. The third-order valence-corrected chi connectivity index (χ3v) is 8.71. The predicted octanol–water partition coefficient (Wildman–Crippen LogP) is 4.83. The monoisotopic (exact) mass is 444 g/mol. The van der Waals surface area contributed by atoms with Gasteiger partial charge in [-0.2, -0.15) is 0 Å². The Bertz CT molecular complexity index is 1030. The van der Waals surface area contributed by atoms with Crippen LogP contribution in [0.5, 0.6) is 0 Å². The molecule has 170 valence electrons. The standard InChI is InChI=1S/C23H36N6OS/c1-5-24-15-18(3)12-14-31(30,28-6-2)16-19-7-9-20(10-8-19)29(4)23-21-11-13-25-22(21)26-17-27-23/h5,11,13,15,17,19-20H,6-10,12,14,16H2,1-4H3,(H,25,26,27)/b18-15+,24-5?. The van der Waals surface area contributed by atoms with Gasteiger partial charge in [0.25, 0.3) is 0 Å². The minimum Gasteiger partial charge on any atom is -0.356 e. The Morgan fingerprint density at radius 1 is 1.32 bits per heavy atom. The van der Waals surface area contributed by atoms with Crippen LogP contribution in [0.2, 0.25) is 0 Å². The molecule has 0 spiro atoms. The predicted molar refractivity (Wildman–Crippen MR) is 131 cm³/mol. The number of aromatic nitrogens is 3. The molecule has 2 aromatic heterocycles. The zero-order valence-electron chi connectivity index (χ0n) is 19.3. The van der Waals surface area contributed by atoms with Gasteiger partial charge in [0.1, 0.15) is 17.8 Å². The Morgan fingerprint density at radius 3 is 2.81 bits per heavy atom. The van der Waals surface area contributed by atoms with Crippen molar-refractivity contribution in [2.75, 3.05) is 30.0 Å². The van der Waals surface area contributed by atoms with Crippen molar-refractivity contribution in [3.63, 3.8) is 0 Å². The molecule has 0 bridgehead atoms. The van der Waals surface area contributed by atoms with Crippen LogP contribution in [0.25, 0.3) is 11.0 Å². The van der Waals surface area contributed by atoms with Crippen LogP contribution in [0.15, 0.2) is 39.7 Å². The zero-order chi connectivity index (χ0) is 22.3. The summed E-state index contributed by atoms with van der Waals surface area (Å²) in [6, 6.07) is 2.48. The summed E-state index contributed by atoms with van der Waals surface area (Å²) in [4.78, 5) is 18.5. The third-order valence-electron chi connectivity index (χ3n) is 6.15. The van der Waals surface area contributed by atoms with Gasteiger partial charge in [-0.05, 0) is 64.9 Å². The van der Waals surface area contributed by atoms with Crippen molar-refractivity contribution >= 4 is 32.8 Å². The molecule has 0 aromatic carbocycles. The minimum absolute atomic E-state index is 0.445. The fourth-order valence-corrected chi connectivity index (χ4v) is 6.99. The molecule has 0 saturated heterocycles. The number of aliphatic imine (C=N–C) groups is 1. The van der Waals surface area contributed by atoms with Crippen molar-refractivity contribution in [3.8, 4) is 0 Å². The van der Waals surface area contributed by atoms with Crippen LogP contribution < -0.4 is 4.90 Å². The molecule has 1 aliphatic carbocycles. The maximum absolute atomic E-state index is 13.5. The van der Waals surface area contributed by atoms with Crippen LogP contribution in [0.4, 0.5) is 5.82 Å². The van der Waals surface area contributed by atoms with E-state index in [4.69, 9.17) is 0 Å². The first kappa shape index (κ1) is 23.4. The molecule has 31 heavy (non-hydrogen) atoms. The van der Waals surface area contributed by atoms with Crippen LogP contribution >= 0.6 is 0 Å². The second-order valence-electron chi connectivity index (χ2n) is 8.44. The van der Waals surface area contributed by atoms with E-state index < -0.39 is 9.73 Å². The Hall–Kier alpha value is -2.22. The first-order valence-electron chi connectivity index (χ1n) is 11.3. The van der Waals surface area contributed by atoms with Gasteiger partial charge >= 0.3 is 0 Å². The summed E-state index contributed by atoms with van der Waals surface area (Å²) in [5, 5.41) is 1.06. The molecule has 2 aromatic rings. The number of allylic oxidation sites excluding steroid dienone is 1. The van der Waals surface area contributed by atoms with Gasteiger partial charge in [0.2, 0.25) is 0 Å². The van der Waals surface area contributed by atoms with E-state index in [0.717, 1.165) is 60.3 Å². The fourth-order valence-electron chi connectivity index (χ4n) is 4.40. The highest BCUT2D eigenvalue weighted by Gasteiger charge is 2.28.